The van der Waals surface area contributed by atoms with Crippen LogP contribution in [-0.4, -0.2) is 15.7 Å². The summed E-state index contributed by atoms with van der Waals surface area (Å²) >= 11 is 0. The third kappa shape index (κ3) is 2.33. The van der Waals surface area contributed by atoms with Crippen molar-refractivity contribution in [3.8, 4) is 0 Å². The van der Waals surface area contributed by atoms with Crippen LogP contribution in [0.3, 0.4) is 0 Å². The van der Waals surface area contributed by atoms with Crippen LogP contribution in [0.25, 0.3) is 0 Å². The number of aromatic nitrogens is 2. The van der Waals surface area contributed by atoms with E-state index < -0.39 is 0 Å². The van der Waals surface area contributed by atoms with Gasteiger partial charge in [0.25, 0.3) is 5.91 Å². The molecule has 0 saturated carbocycles. The number of aryl methyl sites for hydroxylation is 2. The smallest absolute Gasteiger partial charge is 0.267 e. The normalized spacial score (nSPS) is 11.1. The Morgan fingerprint density at radius 2 is 1.79 bits per heavy atom. The molecule has 0 fully saturated rings. The Kier molecular flexibility index (Phi) is 3.56. The zero-order valence-electron chi connectivity index (χ0n) is 12.2. The van der Waals surface area contributed by atoms with Crippen LogP contribution in [0.2, 0.25) is 0 Å². The minimum Gasteiger partial charge on any atom is -0.267 e. The molecular formula is C16H20N2O. The highest BCUT2D eigenvalue weighted by Crippen LogP contribution is 2.23. The summed E-state index contributed by atoms with van der Waals surface area (Å²) in [5.74, 6) is 0.323. The lowest BCUT2D eigenvalue weighted by atomic mass is 10.0. The highest BCUT2D eigenvalue weighted by atomic mass is 16.2. The fourth-order valence-corrected chi connectivity index (χ4v) is 2.61. The van der Waals surface area contributed by atoms with Gasteiger partial charge in [0.05, 0.1) is 5.69 Å². The van der Waals surface area contributed by atoms with Gasteiger partial charge in [-0.15, -0.1) is 0 Å². The molecule has 0 saturated heterocycles. The van der Waals surface area contributed by atoms with Crippen LogP contribution >= 0.6 is 0 Å². The Morgan fingerprint density at radius 1 is 1.16 bits per heavy atom. The first-order valence-corrected chi connectivity index (χ1v) is 6.60. The van der Waals surface area contributed by atoms with Gasteiger partial charge in [-0.1, -0.05) is 32.0 Å². The summed E-state index contributed by atoms with van der Waals surface area (Å²) in [7, 11) is 0. The van der Waals surface area contributed by atoms with Crippen LogP contribution in [0.4, 0.5) is 0 Å². The van der Waals surface area contributed by atoms with E-state index in [1.807, 2.05) is 45.0 Å². The van der Waals surface area contributed by atoms with Crippen LogP contribution in [0.5, 0.6) is 0 Å². The van der Waals surface area contributed by atoms with Gasteiger partial charge >= 0.3 is 0 Å². The average molecular weight is 256 g/mol. The van der Waals surface area contributed by atoms with E-state index in [4.69, 9.17) is 0 Å². The molecule has 0 aliphatic carbocycles. The molecule has 0 aliphatic rings. The fourth-order valence-electron chi connectivity index (χ4n) is 2.61. The lowest BCUT2D eigenvalue weighted by Crippen LogP contribution is -2.16. The second-order valence-corrected chi connectivity index (χ2v) is 5.27. The van der Waals surface area contributed by atoms with E-state index in [0.29, 0.717) is 11.5 Å². The van der Waals surface area contributed by atoms with Crippen molar-refractivity contribution in [2.75, 3.05) is 0 Å². The minimum atomic E-state index is -0.0504. The van der Waals surface area contributed by atoms with Gasteiger partial charge in [0.1, 0.15) is 0 Å². The quantitative estimate of drug-likeness (QED) is 0.822. The summed E-state index contributed by atoms with van der Waals surface area (Å²) in [6.07, 6.45) is 0. The molecule has 100 valence electrons. The number of hydrogen-bond acceptors (Lipinski definition) is 2. The maximum absolute atomic E-state index is 12.6. The molecule has 1 aromatic heterocycles. The Balaban J connectivity index is 2.52. The Labute approximate surface area is 114 Å². The summed E-state index contributed by atoms with van der Waals surface area (Å²) in [6, 6.07) is 7.62. The second-order valence-electron chi connectivity index (χ2n) is 5.27. The molecule has 1 aromatic carbocycles. The van der Waals surface area contributed by atoms with Gasteiger partial charge in [-0.05, 0) is 43.9 Å². The molecule has 0 atom stereocenters. The van der Waals surface area contributed by atoms with E-state index in [2.05, 4.69) is 18.9 Å². The molecule has 2 aromatic rings. The van der Waals surface area contributed by atoms with Gasteiger partial charge in [-0.25, -0.2) is 4.68 Å². The Hall–Kier alpha value is -1.90. The summed E-state index contributed by atoms with van der Waals surface area (Å²) < 4.78 is 1.53. The third-order valence-corrected chi connectivity index (χ3v) is 3.49. The van der Waals surface area contributed by atoms with Crippen molar-refractivity contribution < 1.29 is 4.79 Å². The van der Waals surface area contributed by atoms with E-state index >= 15 is 0 Å². The molecule has 0 amide bonds. The largest absolute Gasteiger partial charge is 0.278 e. The first-order chi connectivity index (χ1) is 8.93. The average Bonchev–Trinajstić information content (AvgIpc) is 2.64. The third-order valence-electron chi connectivity index (χ3n) is 3.49. The molecule has 0 unspecified atom stereocenters. The SMILES string of the molecule is Cc1ccccc1C(=O)n1nc(C)c(C(C)C)c1C. The number of rotatable bonds is 2. The molecule has 0 N–H and O–H groups in total. The first-order valence-electron chi connectivity index (χ1n) is 6.60. The van der Waals surface area contributed by atoms with Gasteiger partial charge in [0.2, 0.25) is 0 Å². The molecule has 0 spiro atoms. The maximum atomic E-state index is 12.6. The lowest BCUT2D eigenvalue weighted by Gasteiger charge is -2.08. The number of nitrogens with zero attached hydrogens (tertiary/aromatic N) is 2. The summed E-state index contributed by atoms with van der Waals surface area (Å²) in [4.78, 5) is 12.6. The summed E-state index contributed by atoms with van der Waals surface area (Å²) in [5, 5.41) is 4.42. The summed E-state index contributed by atoms with van der Waals surface area (Å²) in [5.41, 5.74) is 4.74. The monoisotopic (exact) mass is 256 g/mol. The second kappa shape index (κ2) is 5.00. The van der Waals surface area contributed by atoms with Crippen molar-refractivity contribution in [2.45, 2.75) is 40.5 Å². The zero-order chi connectivity index (χ0) is 14.2. The van der Waals surface area contributed by atoms with Crippen molar-refractivity contribution in [1.82, 2.24) is 9.78 Å². The van der Waals surface area contributed by atoms with Crippen molar-refractivity contribution in [3.05, 3.63) is 52.3 Å². The van der Waals surface area contributed by atoms with Crippen molar-refractivity contribution in [2.24, 2.45) is 0 Å². The molecule has 3 nitrogen and oxygen atoms in total. The summed E-state index contributed by atoms with van der Waals surface area (Å²) in [6.45, 7) is 10.1. The van der Waals surface area contributed by atoms with E-state index in [0.717, 1.165) is 17.0 Å². The zero-order valence-corrected chi connectivity index (χ0v) is 12.2. The predicted molar refractivity (Wildman–Crippen MR) is 76.7 cm³/mol. The van der Waals surface area contributed by atoms with Crippen LogP contribution in [0.1, 0.15) is 52.6 Å². The fraction of sp³-hybridized carbons (Fsp3) is 0.375. The highest BCUT2D eigenvalue weighted by Gasteiger charge is 2.20. The number of carbonyl (C=O) groups is 1. The Morgan fingerprint density at radius 3 is 2.32 bits per heavy atom. The van der Waals surface area contributed by atoms with Crippen LogP contribution in [-0.2, 0) is 0 Å². The lowest BCUT2D eigenvalue weighted by molar-refractivity contribution is 0.0941. The predicted octanol–water partition coefficient (Wildman–Crippen LogP) is 3.62. The van der Waals surface area contributed by atoms with Gasteiger partial charge < -0.3 is 0 Å². The molecule has 19 heavy (non-hydrogen) atoms. The van der Waals surface area contributed by atoms with E-state index in [9.17, 15) is 4.79 Å². The number of benzene rings is 1. The molecule has 2 rings (SSSR count). The Bertz CT molecular complexity index is 624. The topological polar surface area (TPSA) is 34.9 Å². The van der Waals surface area contributed by atoms with Gasteiger partial charge in [0.15, 0.2) is 0 Å². The highest BCUT2D eigenvalue weighted by molar-refractivity contribution is 5.97. The molecule has 1 heterocycles. The molecule has 0 radical (unpaired) electrons. The molecule has 0 aliphatic heterocycles. The standard InChI is InChI=1S/C16H20N2O/c1-10(2)15-12(4)17-18(13(15)5)16(19)14-9-7-6-8-11(14)3/h6-10H,1-5H3. The molecular weight excluding hydrogens is 236 g/mol. The van der Waals surface area contributed by atoms with E-state index in [-0.39, 0.29) is 5.91 Å². The van der Waals surface area contributed by atoms with Crippen molar-refractivity contribution in [1.29, 1.82) is 0 Å². The first kappa shape index (κ1) is 13.5. The van der Waals surface area contributed by atoms with Crippen LogP contribution in [0.15, 0.2) is 24.3 Å². The van der Waals surface area contributed by atoms with Crippen molar-refractivity contribution >= 4 is 5.91 Å². The van der Waals surface area contributed by atoms with Crippen LogP contribution < -0.4 is 0 Å². The number of carbonyl (C=O) groups excluding carboxylic acids is 1. The molecule has 0 bridgehead atoms. The molecule has 3 heteroatoms. The van der Waals surface area contributed by atoms with Gasteiger partial charge in [-0.2, -0.15) is 5.10 Å². The van der Waals surface area contributed by atoms with Crippen LogP contribution in [0, 0.1) is 20.8 Å². The van der Waals surface area contributed by atoms with Gasteiger partial charge in [-0.3, -0.25) is 4.79 Å². The van der Waals surface area contributed by atoms with E-state index in [1.165, 1.54) is 10.2 Å². The minimum absolute atomic E-state index is 0.0504. The van der Waals surface area contributed by atoms with Crippen molar-refractivity contribution in [3.63, 3.8) is 0 Å². The van der Waals surface area contributed by atoms with Gasteiger partial charge in [0, 0.05) is 11.3 Å². The maximum Gasteiger partial charge on any atom is 0.278 e. The number of hydrogen-bond donors (Lipinski definition) is 0. The van der Waals surface area contributed by atoms with E-state index in [1.54, 1.807) is 0 Å².